The maximum Gasteiger partial charge on any atom is 0.175 e. The Morgan fingerprint density at radius 2 is 1.27 bits per heavy atom. The minimum absolute atomic E-state index is 0.0660. The van der Waals surface area contributed by atoms with Crippen LogP contribution < -0.4 is 0 Å². The average Bonchev–Trinajstić information content (AvgIpc) is 3.45. The number of nitrogens with zero attached hydrogens (tertiary/aromatic N) is 7. The van der Waals surface area contributed by atoms with E-state index in [0.29, 0.717) is 19.6 Å². The Kier molecular flexibility index (Phi) is 5.51. The zero-order valence-electron chi connectivity index (χ0n) is 17.7. The largest absolute Gasteiger partial charge is 0.395 e. The van der Waals surface area contributed by atoms with Crippen LogP contribution in [0.25, 0.3) is 11.6 Å². The number of rotatable bonds is 8. The second-order valence-electron chi connectivity index (χ2n) is 7.63. The zero-order valence-corrected chi connectivity index (χ0v) is 17.7. The van der Waals surface area contributed by atoms with Crippen LogP contribution in [0.4, 0.5) is 0 Å². The molecule has 158 valence electrons. The van der Waals surface area contributed by atoms with Gasteiger partial charge in [0.2, 0.25) is 0 Å². The molecule has 0 spiro atoms. The predicted octanol–water partition coefficient (Wildman–Crippen LogP) is 1.73. The highest BCUT2D eigenvalue weighted by atomic mass is 16.3. The van der Waals surface area contributed by atoms with Crippen LogP contribution in [0.15, 0.2) is 24.3 Å². The van der Waals surface area contributed by atoms with E-state index in [9.17, 15) is 5.11 Å². The van der Waals surface area contributed by atoms with E-state index in [4.69, 9.17) is 10.2 Å². The van der Waals surface area contributed by atoms with Crippen LogP contribution >= 0.6 is 0 Å². The Morgan fingerprint density at radius 1 is 0.800 bits per heavy atom. The summed E-state index contributed by atoms with van der Waals surface area (Å²) in [5, 5.41) is 33.4. The molecule has 0 aliphatic rings. The summed E-state index contributed by atoms with van der Waals surface area (Å²) in [5.74, 6) is 1.54. The number of aromatic amines is 2. The van der Waals surface area contributed by atoms with E-state index in [1.807, 2.05) is 61.3 Å². The molecule has 0 fully saturated rings. The zero-order chi connectivity index (χ0) is 21.3. The summed E-state index contributed by atoms with van der Waals surface area (Å²) in [4.78, 5) is 2.13. The molecule has 10 heteroatoms. The molecule has 3 N–H and O–H groups in total. The van der Waals surface area contributed by atoms with Gasteiger partial charge in [0.15, 0.2) is 11.6 Å². The van der Waals surface area contributed by atoms with Crippen LogP contribution in [-0.4, -0.2) is 63.1 Å². The summed E-state index contributed by atoms with van der Waals surface area (Å²) >= 11 is 0. The van der Waals surface area contributed by atoms with Crippen molar-refractivity contribution in [3.8, 4) is 11.6 Å². The van der Waals surface area contributed by atoms with E-state index >= 15 is 0 Å². The van der Waals surface area contributed by atoms with Gasteiger partial charge in [0.05, 0.1) is 18.0 Å². The van der Waals surface area contributed by atoms with Crippen LogP contribution in [0.2, 0.25) is 0 Å². The van der Waals surface area contributed by atoms with Gasteiger partial charge in [-0.15, -0.1) is 0 Å². The molecule has 0 unspecified atom stereocenters. The lowest BCUT2D eigenvalue weighted by molar-refractivity contribution is 0.181. The number of H-pyrrole nitrogens is 2. The van der Waals surface area contributed by atoms with Crippen LogP contribution in [0, 0.1) is 27.7 Å². The highest BCUT2D eigenvalue weighted by Crippen LogP contribution is 2.16. The molecule has 30 heavy (non-hydrogen) atoms. The molecule has 0 radical (unpaired) electrons. The van der Waals surface area contributed by atoms with Crippen molar-refractivity contribution in [3.63, 3.8) is 0 Å². The number of aromatic nitrogens is 8. The van der Waals surface area contributed by atoms with Gasteiger partial charge in [-0.1, -0.05) is 0 Å². The van der Waals surface area contributed by atoms with Crippen LogP contribution in [0.5, 0.6) is 0 Å². The standard InChI is InChI=1S/C20H27N9O/c1-13-7-19(23-21-13)28-15(3)9-17(25-28)11-27(5-6-30)12-18-10-16(4)29(26-18)20-8-14(2)22-24-20/h7-10,30H,5-6,11-12H2,1-4H3,(H,21,23)(H,22,24). The van der Waals surface area contributed by atoms with Crippen molar-refractivity contribution >= 4 is 0 Å². The molecule has 10 nitrogen and oxygen atoms in total. The Balaban J connectivity index is 1.51. The molecule has 0 atom stereocenters. The fraction of sp³-hybridized carbons (Fsp3) is 0.400. The molecule has 4 aromatic rings. The molecule has 0 bridgehead atoms. The maximum absolute atomic E-state index is 9.55. The number of nitrogens with one attached hydrogen (secondary N) is 2. The molecular weight excluding hydrogens is 382 g/mol. The van der Waals surface area contributed by atoms with Crippen molar-refractivity contribution in [1.29, 1.82) is 0 Å². The second-order valence-corrected chi connectivity index (χ2v) is 7.63. The van der Waals surface area contributed by atoms with Gasteiger partial charge in [-0.2, -0.15) is 20.4 Å². The van der Waals surface area contributed by atoms with Crippen LogP contribution in [0.1, 0.15) is 34.2 Å². The van der Waals surface area contributed by atoms with Gasteiger partial charge in [-0.25, -0.2) is 9.36 Å². The number of aliphatic hydroxyl groups excluding tert-OH is 1. The third-order valence-electron chi connectivity index (χ3n) is 4.88. The fourth-order valence-corrected chi connectivity index (χ4v) is 3.53. The van der Waals surface area contributed by atoms with Gasteiger partial charge < -0.3 is 5.11 Å². The normalized spacial score (nSPS) is 11.7. The van der Waals surface area contributed by atoms with Crippen LogP contribution in [-0.2, 0) is 13.1 Å². The quantitative estimate of drug-likeness (QED) is 0.408. The maximum atomic E-state index is 9.55. The van der Waals surface area contributed by atoms with Crippen molar-refractivity contribution in [1.82, 2.24) is 44.9 Å². The van der Waals surface area contributed by atoms with Gasteiger partial charge in [0.25, 0.3) is 0 Å². The summed E-state index contributed by atoms with van der Waals surface area (Å²) in [6, 6.07) is 8.01. The third-order valence-corrected chi connectivity index (χ3v) is 4.88. The molecule has 0 amide bonds. The number of aliphatic hydroxyl groups is 1. The minimum Gasteiger partial charge on any atom is -0.395 e. The van der Waals surface area contributed by atoms with Crippen molar-refractivity contribution in [2.45, 2.75) is 40.8 Å². The third kappa shape index (κ3) is 4.19. The van der Waals surface area contributed by atoms with E-state index in [0.717, 1.165) is 45.8 Å². The topological polar surface area (TPSA) is 116 Å². The minimum atomic E-state index is 0.0660. The molecule has 4 heterocycles. The summed E-state index contributed by atoms with van der Waals surface area (Å²) < 4.78 is 3.66. The number of hydrogen-bond acceptors (Lipinski definition) is 6. The predicted molar refractivity (Wildman–Crippen MR) is 112 cm³/mol. The first-order chi connectivity index (χ1) is 14.4. The molecule has 4 aromatic heterocycles. The lowest BCUT2D eigenvalue weighted by atomic mass is 10.3. The monoisotopic (exact) mass is 409 g/mol. The Morgan fingerprint density at radius 3 is 1.63 bits per heavy atom. The number of aryl methyl sites for hydroxylation is 4. The summed E-state index contributed by atoms with van der Waals surface area (Å²) in [5.41, 5.74) is 5.83. The SMILES string of the molecule is Cc1cc(-n2nc(CN(CCO)Cc3cc(C)n(-c4cc(C)[nH]n4)n3)cc2C)n[nH]1. The van der Waals surface area contributed by atoms with Gasteiger partial charge in [0.1, 0.15) is 0 Å². The van der Waals surface area contributed by atoms with Crippen molar-refractivity contribution < 1.29 is 5.11 Å². The summed E-state index contributed by atoms with van der Waals surface area (Å²) in [6.45, 7) is 9.74. The van der Waals surface area contributed by atoms with Crippen LogP contribution in [0.3, 0.4) is 0 Å². The average molecular weight is 409 g/mol. The highest BCUT2D eigenvalue weighted by Gasteiger charge is 2.15. The van der Waals surface area contributed by atoms with E-state index in [2.05, 4.69) is 25.3 Å². The van der Waals surface area contributed by atoms with E-state index in [1.165, 1.54) is 0 Å². The molecular formula is C20H27N9O. The van der Waals surface area contributed by atoms with E-state index in [-0.39, 0.29) is 6.61 Å². The van der Waals surface area contributed by atoms with Gasteiger partial charge in [0, 0.05) is 54.5 Å². The number of hydrogen-bond donors (Lipinski definition) is 3. The fourth-order valence-electron chi connectivity index (χ4n) is 3.53. The van der Waals surface area contributed by atoms with E-state index in [1.54, 1.807) is 0 Å². The molecule has 0 aliphatic carbocycles. The Bertz CT molecular complexity index is 1050. The van der Waals surface area contributed by atoms with Gasteiger partial charge in [-0.3, -0.25) is 15.1 Å². The molecule has 4 rings (SSSR count). The second kappa shape index (κ2) is 8.25. The van der Waals surface area contributed by atoms with Crippen molar-refractivity contribution in [2.24, 2.45) is 0 Å². The summed E-state index contributed by atoms with van der Waals surface area (Å²) in [6.07, 6.45) is 0. The molecule has 0 aliphatic heterocycles. The highest BCUT2D eigenvalue weighted by molar-refractivity contribution is 5.28. The Labute approximate surface area is 174 Å². The van der Waals surface area contributed by atoms with Gasteiger partial charge in [-0.05, 0) is 39.8 Å². The molecule has 0 saturated heterocycles. The smallest absolute Gasteiger partial charge is 0.175 e. The van der Waals surface area contributed by atoms with Crippen molar-refractivity contribution in [2.75, 3.05) is 13.2 Å². The van der Waals surface area contributed by atoms with Crippen molar-refractivity contribution in [3.05, 3.63) is 58.4 Å². The molecule has 0 saturated carbocycles. The molecule has 0 aromatic carbocycles. The Hall–Kier alpha value is -3.24. The van der Waals surface area contributed by atoms with Gasteiger partial charge >= 0.3 is 0 Å². The lowest BCUT2D eigenvalue weighted by Gasteiger charge is -2.18. The van der Waals surface area contributed by atoms with E-state index < -0.39 is 0 Å². The summed E-state index contributed by atoms with van der Waals surface area (Å²) in [7, 11) is 0. The lowest BCUT2D eigenvalue weighted by Crippen LogP contribution is -2.26. The first kappa shape index (κ1) is 20.0. The first-order valence-corrected chi connectivity index (χ1v) is 9.92. The first-order valence-electron chi connectivity index (χ1n) is 9.92.